The van der Waals surface area contributed by atoms with Gasteiger partial charge in [0.15, 0.2) is 0 Å². The number of imide groups is 1. The zero-order chi connectivity index (χ0) is 16.5. The number of benzene rings is 3. The number of nitrogens with zero attached hydrogens (tertiary/aromatic N) is 1. The fourth-order valence-electron chi connectivity index (χ4n) is 3.27. The van der Waals surface area contributed by atoms with Crippen molar-refractivity contribution >= 4 is 22.6 Å². The Labute approximate surface area is 140 Å². The fourth-order valence-corrected chi connectivity index (χ4v) is 3.27. The Morgan fingerprint density at radius 1 is 0.708 bits per heavy atom. The molecular weight excluding hydrogens is 298 g/mol. The van der Waals surface area contributed by atoms with Crippen LogP contribution in [0.2, 0.25) is 0 Å². The second-order valence-electron chi connectivity index (χ2n) is 6.10. The quantitative estimate of drug-likeness (QED) is 0.681. The lowest BCUT2D eigenvalue weighted by Crippen LogP contribution is -2.30. The van der Waals surface area contributed by atoms with Gasteiger partial charge in [0.2, 0.25) is 0 Å². The molecule has 3 aromatic carbocycles. The first-order valence-corrected chi connectivity index (χ1v) is 8.17. The molecule has 0 radical (unpaired) electrons. The lowest BCUT2D eigenvalue weighted by atomic mass is 10.0. The summed E-state index contributed by atoms with van der Waals surface area (Å²) in [6.45, 7) is 0.456. The third kappa shape index (κ3) is 2.48. The van der Waals surface area contributed by atoms with E-state index in [1.165, 1.54) is 10.5 Å². The third-order valence-electron chi connectivity index (χ3n) is 4.53. The van der Waals surface area contributed by atoms with Gasteiger partial charge in [0.05, 0.1) is 11.1 Å². The molecule has 3 nitrogen and oxygen atoms in total. The molecule has 0 aliphatic carbocycles. The molecule has 24 heavy (non-hydrogen) atoms. The number of aryl methyl sites for hydroxylation is 1. The van der Waals surface area contributed by atoms with Crippen molar-refractivity contribution in [2.75, 3.05) is 6.54 Å². The van der Waals surface area contributed by atoms with Gasteiger partial charge in [-0.15, -0.1) is 0 Å². The summed E-state index contributed by atoms with van der Waals surface area (Å²) in [5.74, 6) is -0.345. The SMILES string of the molecule is O=C1c2cc3ccccc3cc2C(=O)N1CCCc1ccccc1. The molecule has 3 aromatic rings. The van der Waals surface area contributed by atoms with Crippen molar-refractivity contribution in [3.8, 4) is 0 Å². The van der Waals surface area contributed by atoms with Crippen LogP contribution in [-0.2, 0) is 6.42 Å². The molecule has 1 aliphatic heterocycles. The van der Waals surface area contributed by atoms with E-state index in [1.807, 2.05) is 54.6 Å². The molecule has 0 spiro atoms. The number of hydrogen-bond donors (Lipinski definition) is 0. The highest BCUT2D eigenvalue weighted by atomic mass is 16.2. The Balaban J connectivity index is 1.54. The van der Waals surface area contributed by atoms with Gasteiger partial charge in [0.25, 0.3) is 11.8 Å². The van der Waals surface area contributed by atoms with E-state index in [4.69, 9.17) is 0 Å². The Morgan fingerprint density at radius 2 is 1.25 bits per heavy atom. The van der Waals surface area contributed by atoms with Gasteiger partial charge in [-0.25, -0.2) is 0 Å². The summed E-state index contributed by atoms with van der Waals surface area (Å²) in [6.07, 6.45) is 1.63. The molecule has 0 bridgehead atoms. The second-order valence-corrected chi connectivity index (χ2v) is 6.10. The predicted octanol–water partition coefficient (Wildman–Crippen LogP) is 4.07. The predicted molar refractivity (Wildman–Crippen MR) is 94.1 cm³/mol. The first-order chi connectivity index (χ1) is 11.7. The van der Waals surface area contributed by atoms with Crippen LogP contribution >= 0.6 is 0 Å². The molecule has 0 aromatic heterocycles. The summed E-state index contributed by atoms with van der Waals surface area (Å²) in [5, 5.41) is 1.98. The fraction of sp³-hybridized carbons (Fsp3) is 0.143. The molecule has 0 fully saturated rings. The summed E-state index contributed by atoms with van der Waals surface area (Å²) in [5.41, 5.74) is 2.27. The summed E-state index contributed by atoms with van der Waals surface area (Å²) >= 11 is 0. The van der Waals surface area contributed by atoms with Crippen molar-refractivity contribution in [3.63, 3.8) is 0 Å². The normalized spacial score (nSPS) is 13.6. The highest BCUT2D eigenvalue weighted by molar-refractivity contribution is 6.23. The van der Waals surface area contributed by atoms with Gasteiger partial charge in [-0.2, -0.15) is 0 Å². The standard InChI is InChI=1S/C21H17NO2/c23-20-18-13-16-10-4-5-11-17(16)14-19(18)21(24)22(20)12-6-9-15-7-2-1-3-8-15/h1-5,7-8,10-11,13-14H,6,9,12H2. The Bertz CT molecular complexity index is 876. The van der Waals surface area contributed by atoms with Gasteiger partial charge < -0.3 is 0 Å². The topological polar surface area (TPSA) is 37.4 Å². The van der Waals surface area contributed by atoms with E-state index in [0.29, 0.717) is 17.7 Å². The molecule has 3 heteroatoms. The number of amides is 2. The van der Waals surface area contributed by atoms with Gasteiger partial charge in [0.1, 0.15) is 0 Å². The molecule has 2 amide bonds. The molecule has 1 heterocycles. The number of carbonyl (C=O) groups excluding carboxylic acids is 2. The van der Waals surface area contributed by atoms with Crippen molar-refractivity contribution in [1.29, 1.82) is 0 Å². The molecular formula is C21H17NO2. The highest BCUT2D eigenvalue weighted by Gasteiger charge is 2.35. The van der Waals surface area contributed by atoms with Gasteiger partial charge in [0, 0.05) is 6.54 Å². The number of fused-ring (bicyclic) bond motifs is 2. The minimum Gasteiger partial charge on any atom is -0.274 e. The van der Waals surface area contributed by atoms with Gasteiger partial charge >= 0.3 is 0 Å². The lowest BCUT2D eigenvalue weighted by molar-refractivity contribution is 0.0652. The zero-order valence-electron chi connectivity index (χ0n) is 13.2. The van der Waals surface area contributed by atoms with Crippen LogP contribution in [0.15, 0.2) is 66.7 Å². The molecule has 0 N–H and O–H groups in total. The molecule has 0 saturated carbocycles. The van der Waals surface area contributed by atoms with E-state index < -0.39 is 0 Å². The van der Waals surface area contributed by atoms with E-state index in [1.54, 1.807) is 0 Å². The molecule has 1 aliphatic rings. The van der Waals surface area contributed by atoms with Crippen LogP contribution in [0.5, 0.6) is 0 Å². The summed E-state index contributed by atoms with van der Waals surface area (Å²) in [6, 6.07) is 21.6. The highest BCUT2D eigenvalue weighted by Crippen LogP contribution is 2.28. The van der Waals surface area contributed by atoms with Crippen molar-refractivity contribution in [3.05, 3.63) is 83.4 Å². The smallest absolute Gasteiger partial charge is 0.261 e. The van der Waals surface area contributed by atoms with E-state index in [-0.39, 0.29) is 11.8 Å². The van der Waals surface area contributed by atoms with Crippen molar-refractivity contribution in [1.82, 2.24) is 4.90 Å². The van der Waals surface area contributed by atoms with Crippen LogP contribution in [0.3, 0.4) is 0 Å². The van der Waals surface area contributed by atoms with Gasteiger partial charge in [-0.1, -0.05) is 54.6 Å². The Kier molecular flexibility index (Phi) is 3.62. The van der Waals surface area contributed by atoms with E-state index in [2.05, 4.69) is 12.1 Å². The van der Waals surface area contributed by atoms with Crippen LogP contribution in [0, 0.1) is 0 Å². The first-order valence-electron chi connectivity index (χ1n) is 8.17. The minimum atomic E-state index is -0.172. The van der Waals surface area contributed by atoms with Crippen molar-refractivity contribution < 1.29 is 9.59 Å². The minimum absolute atomic E-state index is 0.172. The average molecular weight is 315 g/mol. The van der Waals surface area contributed by atoms with Crippen LogP contribution < -0.4 is 0 Å². The monoisotopic (exact) mass is 315 g/mol. The van der Waals surface area contributed by atoms with E-state index in [9.17, 15) is 9.59 Å². The van der Waals surface area contributed by atoms with Crippen molar-refractivity contribution in [2.45, 2.75) is 12.8 Å². The summed E-state index contributed by atoms with van der Waals surface area (Å²) in [7, 11) is 0. The third-order valence-corrected chi connectivity index (χ3v) is 4.53. The van der Waals surface area contributed by atoms with Crippen LogP contribution in [0.25, 0.3) is 10.8 Å². The molecule has 118 valence electrons. The number of rotatable bonds is 4. The molecule has 0 atom stereocenters. The maximum atomic E-state index is 12.6. The first kappa shape index (κ1) is 14.6. The van der Waals surface area contributed by atoms with Gasteiger partial charge in [-0.3, -0.25) is 14.5 Å². The molecule has 0 unspecified atom stereocenters. The second kappa shape index (κ2) is 5.93. The zero-order valence-corrected chi connectivity index (χ0v) is 13.2. The number of carbonyl (C=O) groups is 2. The lowest BCUT2D eigenvalue weighted by Gasteiger charge is -2.13. The van der Waals surface area contributed by atoms with E-state index in [0.717, 1.165) is 23.6 Å². The largest absolute Gasteiger partial charge is 0.274 e. The van der Waals surface area contributed by atoms with Gasteiger partial charge in [-0.05, 0) is 41.3 Å². The summed E-state index contributed by atoms with van der Waals surface area (Å²) in [4.78, 5) is 26.6. The van der Waals surface area contributed by atoms with Crippen LogP contribution in [0.4, 0.5) is 0 Å². The maximum Gasteiger partial charge on any atom is 0.261 e. The Morgan fingerprint density at radius 3 is 1.83 bits per heavy atom. The van der Waals surface area contributed by atoms with Crippen LogP contribution in [0.1, 0.15) is 32.7 Å². The van der Waals surface area contributed by atoms with Crippen LogP contribution in [-0.4, -0.2) is 23.3 Å². The Hall–Kier alpha value is -2.94. The molecule has 0 saturated heterocycles. The maximum absolute atomic E-state index is 12.6. The van der Waals surface area contributed by atoms with E-state index >= 15 is 0 Å². The molecule has 4 rings (SSSR count). The average Bonchev–Trinajstić information content (AvgIpc) is 2.85. The summed E-state index contributed by atoms with van der Waals surface area (Å²) < 4.78 is 0. The van der Waals surface area contributed by atoms with Crippen molar-refractivity contribution in [2.24, 2.45) is 0 Å². The number of hydrogen-bond acceptors (Lipinski definition) is 2.